The highest BCUT2D eigenvalue weighted by Gasteiger charge is 2.26. The van der Waals surface area contributed by atoms with Gasteiger partial charge < -0.3 is 10.5 Å². The highest BCUT2D eigenvalue weighted by molar-refractivity contribution is 7.71. The molecule has 126 valence electrons. The molecule has 0 radical (unpaired) electrons. The Hall–Kier alpha value is -2.41. The van der Waals surface area contributed by atoms with E-state index in [2.05, 4.69) is 53.6 Å². The standard InChI is InChI=1S/C17H20N4O2S/c1-9(2)10-4-6-11(7-5-10)12-8-13(20-19-12)14-15(22)18-17(24)21(3)16(14)23/h4-7,9,12,19,23H,8H2,1-3H3,(H,18,22,24)/t12-/m1/s1. The Balaban J connectivity index is 1.87. The monoisotopic (exact) mass is 344 g/mol. The zero-order valence-corrected chi connectivity index (χ0v) is 14.6. The molecule has 0 saturated heterocycles. The van der Waals surface area contributed by atoms with Crippen LogP contribution in [0.1, 0.15) is 48.9 Å². The molecule has 2 heterocycles. The number of hydrogen-bond donors (Lipinski definition) is 3. The maximum Gasteiger partial charge on any atom is 0.264 e. The summed E-state index contributed by atoms with van der Waals surface area (Å²) >= 11 is 4.99. The lowest BCUT2D eigenvalue weighted by Gasteiger charge is -2.12. The van der Waals surface area contributed by atoms with Gasteiger partial charge in [0.15, 0.2) is 4.77 Å². The minimum absolute atomic E-state index is 0.0199. The Bertz CT molecular complexity index is 910. The summed E-state index contributed by atoms with van der Waals surface area (Å²) in [5.74, 6) is 0.315. The largest absolute Gasteiger partial charge is 0.494 e. The number of hydrazone groups is 1. The van der Waals surface area contributed by atoms with E-state index in [-0.39, 0.29) is 22.3 Å². The van der Waals surface area contributed by atoms with Crippen molar-refractivity contribution < 1.29 is 5.11 Å². The first-order valence-electron chi connectivity index (χ1n) is 7.83. The third kappa shape index (κ3) is 2.87. The quantitative estimate of drug-likeness (QED) is 0.748. The van der Waals surface area contributed by atoms with Crippen LogP contribution in [0, 0.1) is 4.77 Å². The highest BCUT2D eigenvalue weighted by atomic mass is 32.1. The van der Waals surface area contributed by atoms with E-state index in [1.54, 1.807) is 7.05 Å². The molecule has 1 aliphatic heterocycles. The fraction of sp³-hybridized carbons (Fsp3) is 0.353. The van der Waals surface area contributed by atoms with E-state index in [0.717, 1.165) is 5.56 Å². The Kier molecular flexibility index (Phi) is 4.28. The molecule has 1 atom stereocenters. The van der Waals surface area contributed by atoms with Crippen molar-refractivity contribution in [1.29, 1.82) is 0 Å². The molecule has 1 aliphatic rings. The lowest BCUT2D eigenvalue weighted by atomic mass is 9.96. The van der Waals surface area contributed by atoms with Gasteiger partial charge in [-0.3, -0.25) is 14.3 Å². The lowest BCUT2D eigenvalue weighted by molar-refractivity contribution is 0.419. The molecular weight excluding hydrogens is 324 g/mol. The topological polar surface area (TPSA) is 82.4 Å². The zero-order chi connectivity index (χ0) is 17.4. The van der Waals surface area contributed by atoms with Gasteiger partial charge >= 0.3 is 0 Å². The summed E-state index contributed by atoms with van der Waals surface area (Å²) in [5, 5.41) is 14.5. The van der Waals surface area contributed by atoms with E-state index in [9.17, 15) is 9.90 Å². The van der Waals surface area contributed by atoms with Crippen molar-refractivity contribution in [3.05, 3.63) is 56.1 Å². The minimum atomic E-state index is -0.424. The van der Waals surface area contributed by atoms with Crippen LogP contribution in [0.15, 0.2) is 34.2 Å². The first kappa shape index (κ1) is 16.4. The van der Waals surface area contributed by atoms with Crippen molar-refractivity contribution in [3.63, 3.8) is 0 Å². The first-order valence-corrected chi connectivity index (χ1v) is 8.24. The fourth-order valence-electron chi connectivity index (χ4n) is 2.77. The molecule has 2 aromatic rings. The van der Waals surface area contributed by atoms with Gasteiger partial charge in [-0.05, 0) is 29.3 Å². The van der Waals surface area contributed by atoms with Crippen LogP contribution in [-0.2, 0) is 7.05 Å². The summed E-state index contributed by atoms with van der Waals surface area (Å²) in [4.78, 5) is 14.7. The van der Waals surface area contributed by atoms with Gasteiger partial charge in [0.2, 0.25) is 5.88 Å². The third-order valence-corrected chi connectivity index (χ3v) is 4.72. The second-order valence-corrected chi connectivity index (χ2v) is 6.67. The van der Waals surface area contributed by atoms with Gasteiger partial charge in [-0.1, -0.05) is 38.1 Å². The summed E-state index contributed by atoms with van der Waals surface area (Å²) in [7, 11) is 1.60. The normalized spacial score (nSPS) is 17.0. The maximum atomic E-state index is 12.2. The Labute approximate surface area is 144 Å². The third-order valence-electron chi connectivity index (χ3n) is 4.34. The van der Waals surface area contributed by atoms with Crippen molar-refractivity contribution in [2.45, 2.75) is 32.2 Å². The number of nitrogens with zero attached hydrogens (tertiary/aromatic N) is 2. The second-order valence-electron chi connectivity index (χ2n) is 6.28. The molecule has 24 heavy (non-hydrogen) atoms. The van der Waals surface area contributed by atoms with Crippen molar-refractivity contribution in [1.82, 2.24) is 15.0 Å². The SMILES string of the molecule is CC(C)c1ccc([C@H]2CC(c3c(O)n(C)c(=S)[nH]c3=O)=NN2)cc1. The van der Waals surface area contributed by atoms with Crippen molar-refractivity contribution in [2.24, 2.45) is 12.1 Å². The molecule has 0 aliphatic carbocycles. The molecule has 0 amide bonds. The summed E-state index contributed by atoms with van der Waals surface area (Å²) in [6.45, 7) is 4.31. The van der Waals surface area contributed by atoms with E-state index in [0.29, 0.717) is 18.1 Å². The van der Waals surface area contributed by atoms with Crippen LogP contribution < -0.4 is 11.0 Å². The van der Waals surface area contributed by atoms with E-state index in [1.807, 2.05) is 0 Å². The summed E-state index contributed by atoms with van der Waals surface area (Å²) < 4.78 is 1.54. The van der Waals surface area contributed by atoms with Crippen molar-refractivity contribution in [3.8, 4) is 5.88 Å². The van der Waals surface area contributed by atoms with Crippen LogP contribution in [0.3, 0.4) is 0 Å². The Morgan fingerprint density at radius 3 is 2.62 bits per heavy atom. The fourth-order valence-corrected chi connectivity index (χ4v) is 2.95. The number of H-pyrrole nitrogens is 1. The molecule has 0 fully saturated rings. The van der Waals surface area contributed by atoms with Gasteiger partial charge in [0.1, 0.15) is 5.56 Å². The lowest BCUT2D eigenvalue weighted by Crippen LogP contribution is -2.21. The van der Waals surface area contributed by atoms with E-state index < -0.39 is 5.56 Å². The summed E-state index contributed by atoms with van der Waals surface area (Å²) in [6.07, 6.45) is 0.522. The number of rotatable bonds is 3. The number of aromatic hydroxyl groups is 1. The molecular formula is C17H20N4O2S. The molecule has 7 heteroatoms. The molecule has 3 rings (SSSR count). The van der Waals surface area contributed by atoms with Gasteiger partial charge in [0.25, 0.3) is 5.56 Å². The predicted octanol–water partition coefficient (Wildman–Crippen LogP) is 2.71. The van der Waals surface area contributed by atoms with Gasteiger partial charge in [-0.25, -0.2) is 0 Å². The maximum absolute atomic E-state index is 12.2. The van der Waals surface area contributed by atoms with Gasteiger partial charge in [0.05, 0.1) is 11.8 Å². The highest BCUT2D eigenvalue weighted by Crippen LogP contribution is 2.27. The Morgan fingerprint density at radius 2 is 2.00 bits per heavy atom. The number of benzene rings is 1. The molecule has 0 unspecified atom stereocenters. The molecule has 0 spiro atoms. The van der Waals surface area contributed by atoms with Crippen molar-refractivity contribution >= 4 is 17.9 Å². The van der Waals surface area contributed by atoms with Crippen LogP contribution >= 0.6 is 12.2 Å². The second kappa shape index (κ2) is 6.24. The number of nitrogens with one attached hydrogen (secondary N) is 2. The minimum Gasteiger partial charge on any atom is -0.494 e. The smallest absolute Gasteiger partial charge is 0.264 e. The molecule has 3 N–H and O–H groups in total. The van der Waals surface area contributed by atoms with Gasteiger partial charge in [-0.2, -0.15) is 5.10 Å². The number of hydrogen-bond acceptors (Lipinski definition) is 5. The zero-order valence-electron chi connectivity index (χ0n) is 13.8. The van der Waals surface area contributed by atoms with Crippen LogP contribution in [0.4, 0.5) is 0 Å². The predicted molar refractivity (Wildman–Crippen MR) is 96.1 cm³/mol. The molecule has 6 nitrogen and oxygen atoms in total. The molecule has 0 saturated carbocycles. The first-order chi connectivity index (χ1) is 11.4. The average Bonchev–Trinajstić information content (AvgIpc) is 3.02. The van der Waals surface area contributed by atoms with Gasteiger partial charge in [-0.15, -0.1) is 0 Å². The molecule has 0 bridgehead atoms. The summed E-state index contributed by atoms with van der Waals surface area (Å²) in [6, 6.07) is 8.34. The Morgan fingerprint density at radius 1 is 1.33 bits per heavy atom. The number of aromatic amines is 1. The van der Waals surface area contributed by atoms with Crippen LogP contribution in [-0.4, -0.2) is 20.4 Å². The molecule has 1 aromatic carbocycles. The molecule has 1 aromatic heterocycles. The van der Waals surface area contributed by atoms with Crippen molar-refractivity contribution in [2.75, 3.05) is 0 Å². The van der Waals surface area contributed by atoms with Crippen LogP contribution in [0.2, 0.25) is 0 Å². The van der Waals surface area contributed by atoms with Crippen LogP contribution in [0.25, 0.3) is 0 Å². The average molecular weight is 344 g/mol. The van der Waals surface area contributed by atoms with E-state index in [4.69, 9.17) is 12.2 Å². The van der Waals surface area contributed by atoms with E-state index >= 15 is 0 Å². The van der Waals surface area contributed by atoms with Gasteiger partial charge in [0, 0.05) is 13.5 Å². The van der Waals surface area contributed by atoms with E-state index in [1.165, 1.54) is 10.1 Å². The number of aromatic nitrogens is 2. The summed E-state index contributed by atoms with van der Waals surface area (Å²) in [5.41, 5.74) is 5.69. The van der Waals surface area contributed by atoms with Crippen LogP contribution in [0.5, 0.6) is 5.88 Å².